The Kier molecular flexibility index (Phi) is 94.3. The molecule has 3 rings (SSSR count). The highest BCUT2D eigenvalue weighted by atomic mass is 15.3. The van der Waals surface area contributed by atoms with Crippen LogP contribution in [0.15, 0.2) is 91.0 Å². The zero-order valence-corrected chi connectivity index (χ0v) is 36.3. The maximum absolute atomic E-state index is 2.44. The van der Waals surface area contributed by atoms with Crippen LogP contribution in [0.2, 0.25) is 0 Å². The van der Waals surface area contributed by atoms with Gasteiger partial charge in [-0.2, -0.15) is 0 Å². The fourth-order valence-corrected chi connectivity index (χ4v) is 2.73. The van der Waals surface area contributed by atoms with Gasteiger partial charge < -0.3 is 0 Å². The number of benzene rings is 3. The molecule has 0 aliphatic carbocycles. The lowest BCUT2D eigenvalue weighted by Crippen LogP contribution is -2.37. The molecule has 0 aromatic heterocycles. The first-order chi connectivity index (χ1) is 22.9. The van der Waals surface area contributed by atoms with Crippen molar-refractivity contribution >= 4 is 0 Å². The molecule has 0 fully saturated rings. The second kappa shape index (κ2) is 70.1. The highest BCUT2D eigenvalue weighted by molar-refractivity contribution is 5.13. The molecule has 0 radical (unpaired) electrons. The number of hydrogen-bond donors (Lipinski definition) is 0. The lowest BCUT2D eigenvalue weighted by molar-refractivity contribution is 0.152. The van der Waals surface area contributed by atoms with Gasteiger partial charge in [-0.3, -0.25) is 9.80 Å². The molecule has 3 aromatic rings. The van der Waals surface area contributed by atoms with Gasteiger partial charge in [0.25, 0.3) is 0 Å². The number of aryl methyl sites for hydroxylation is 3. The molecule has 0 saturated carbocycles. The zero-order valence-electron chi connectivity index (χ0n) is 36.3. The molecule has 47 heavy (non-hydrogen) atoms. The van der Waals surface area contributed by atoms with E-state index in [1.54, 1.807) is 0 Å². The van der Waals surface area contributed by atoms with Gasteiger partial charge in [0, 0.05) is 0 Å². The Morgan fingerprint density at radius 3 is 0.553 bits per heavy atom. The predicted octanol–water partition coefficient (Wildman–Crippen LogP) is 15.2. The Morgan fingerprint density at radius 2 is 0.468 bits per heavy atom. The molecule has 0 unspecified atom stereocenters. The largest absolute Gasteiger partial charge is 0.291 e. The van der Waals surface area contributed by atoms with Crippen molar-refractivity contribution in [2.24, 2.45) is 0 Å². The van der Waals surface area contributed by atoms with Crippen LogP contribution in [0.5, 0.6) is 0 Å². The second-order valence-electron chi connectivity index (χ2n) is 8.42. The van der Waals surface area contributed by atoms with Crippen LogP contribution in [0, 0.1) is 20.8 Å². The molecule has 0 bridgehead atoms. The first kappa shape index (κ1) is 63.3. The third-order valence-corrected chi connectivity index (χ3v) is 5.01. The smallest absolute Gasteiger partial charge is 0.0505 e. The number of rotatable bonds is 6. The highest BCUT2D eigenvalue weighted by Crippen LogP contribution is 1.94. The van der Waals surface area contributed by atoms with Crippen molar-refractivity contribution in [3.05, 3.63) is 108 Å². The minimum atomic E-state index is 1.12. The van der Waals surface area contributed by atoms with Gasteiger partial charge in [0.2, 0.25) is 0 Å². The first-order valence-electron chi connectivity index (χ1n) is 19.4. The summed E-state index contributed by atoms with van der Waals surface area (Å²) >= 11 is 0. The summed E-state index contributed by atoms with van der Waals surface area (Å²) in [5.74, 6) is 0. The van der Waals surface area contributed by atoms with E-state index >= 15 is 0 Å². The molecular weight excluding hydrogens is 569 g/mol. The van der Waals surface area contributed by atoms with Crippen LogP contribution in [-0.2, 0) is 0 Å². The van der Waals surface area contributed by atoms with Crippen molar-refractivity contribution in [3.8, 4) is 0 Å². The normalized spacial score (nSPS) is 7.72. The molecule has 0 N–H and O–H groups in total. The highest BCUT2D eigenvalue weighted by Gasteiger charge is 2.03. The fraction of sp³-hybridized carbons (Fsp3) is 0.600. The monoisotopic (exact) mass is 659 g/mol. The van der Waals surface area contributed by atoms with Crippen molar-refractivity contribution < 1.29 is 0 Å². The van der Waals surface area contributed by atoms with Crippen molar-refractivity contribution in [2.75, 3.05) is 32.8 Å². The molecule has 0 aliphatic heterocycles. The van der Waals surface area contributed by atoms with Gasteiger partial charge >= 0.3 is 0 Å². The van der Waals surface area contributed by atoms with E-state index in [4.69, 9.17) is 0 Å². The van der Waals surface area contributed by atoms with Crippen LogP contribution in [0.25, 0.3) is 0 Å². The number of nitrogens with zero attached hydrogens (tertiary/aromatic N) is 2. The molecule has 0 heterocycles. The van der Waals surface area contributed by atoms with Gasteiger partial charge in [0.1, 0.15) is 0 Å². The molecule has 280 valence electrons. The minimum absolute atomic E-state index is 1.12. The zero-order chi connectivity index (χ0) is 38.7. The minimum Gasteiger partial charge on any atom is -0.291 e. The van der Waals surface area contributed by atoms with Gasteiger partial charge in [-0.1, -0.05) is 239 Å². The summed E-state index contributed by atoms with van der Waals surface area (Å²) < 4.78 is 0. The standard InChI is InChI=1S/C9H22N2.3C7H8.C3H8.6C2H6/c1-5-10(6-2)9-11(7-3)8-4;3*1-7-5-3-2-4-6-7;1-3-2;6*1-2/h5-9H2,1-4H3;3*2-6H,1H3;3H2,1-2H3;6*1-2H3. The SMILES string of the molecule is CC.CC.CC.CC.CC.CC.CCC.CCN(CC)CN(CC)CC.Cc1ccccc1.Cc1ccccc1.Cc1ccccc1. The molecule has 3 aromatic carbocycles. The van der Waals surface area contributed by atoms with E-state index in [0.717, 1.165) is 32.8 Å². The van der Waals surface area contributed by atoms with E-state index in [2.05, 4.69) is 109 Å². The average Bonchev–Trinajstić information content (AvgIpc) is 3.16. The average molecular weight is 659 g/mol. The fourth-order valence-electron chi connectivity index (χ4n) is 2.73. The lowest BCUT2D eigenvalue weighted by Gasteiger charge is -2.26. The Bertz CT molecular complexity index is 651. The molecule has 2 nitrogen and oxygen atoms in total. The van der Waals surface area contributed by atoms with E-state index < -0.39 is 0 Å². The van der Waals surface area contributed by atoms with E-state index in [1.807, 2.05) is 138 Å². The van der Waals surface area contributed by atoms with Crippen molar-refractivity contribution in [1.29, 1.82) is 0 Å². The summed E-state index contributed by atoms with van der Waals surface area (Å²) in [4.78, 5) is 4.88. The Balaban J connectivity index is -0.0000000638. The molecule has 0 spiro atoms. The van der Waals surface area contributed by atoms with Crippen LogP contribution >= 0.6 is 0 Å². The summed E-state index contributed by atoms with van der Waals surface area (Å²) in [6, 6.07) is 30.8. The maximum Gasteiger partial charge on any atom is 0.0505 e. The quantitative estimate of drug-likeness (QED) is 0.243. The Morgan fingerprint density at radius 1 is 0.319 bits per heavy atom. The lowest BCUT2D eigenvalue weighted by atomic mass is 10.2. The van der Waals surface area contributed by atoms with Crippen LogP contribution < -0.4 is 0 Å². The predicted molar refractivity (Wildman–Crippen MR) is 228 cm³/mol. The second-order valence-corrected chi connectivity index (χ2v) is 8.42. The maximum atomic E-state index is 2.44. The molecule has 0 aliphatic rings. The molecule has 2 heteroatoms. The summed E-state index contributed by atoms with van der Waals surface area (Å²) in [6.07, 6.45) is 1.25. The van der Waals surface area contributed by atoms with Gasteiger partial charge in [0.05, 0.1) is 6.67 Å². The third-order valence-electron chi connectivity index (χ3n) is 5.01. The van der Waals surface area contributed by atoms with Gasteiger partial charge in [-0.05, 0) is 47.0 Å². The van der Waals surface area contributed by atoms with Crippen molar-refractivity contribution in [2.45, 2.75) is 152 Å². The van der Waals surface area contributed by atoms with Crippen LogP contribution in [-0.4, -0.2) is 42.6 Å². The van der Waals surface area contributed by atoms with Crippen molar-refractivity contribution in [3.63, 3.8) is 0 Å². The van der Waals surface area contributed by atoms with E-state index in [-0.39, 0.29) is 0 Å². The molecule has 0 amide bonds. The molecular formula is C45H90N2. The Labute approximate surface area is 301 Å². The van der Waals surface area contributed by atoms with Crippen LogP contribution in [0.1, 0.15) is 148 Å². The van der Waals surface area contributed by atoms with Gasteiger partial charge in [-0.25, -0.2) is 0 Å². The topological polar surface area (TPSA) is 6.48 Å². The Hall–Kier alpha value is -2.42. The summed E-state index contributed by atoms with van der Waals surface area (Å²) in [5, 5.41) is 0. The third kappa shape index (κ3) is 66.8. The van der Waals surface area contributed by atoms with E-state index in [1.165, 1.54) is 23.1 Å². The summed E-state index contributed by atoms with van der Waals surface area (Å²) in [5.41, 5.74) is 3.97. The summed E-state index contributed by atoms with van der Waals surface area (Å²) in [6.45, 7) is 49.1. The van der Waals surface area contributed by atoms with E-state index in [0.29, 0.717) is 0 Å². The van der Waals surface area contributed by atoms with Crippen LogP contribution in [0.4, 0.5) is 0 Å². The van der Waals surface area contributed by atoms with Gasteiger partial charge in [-0.15, -0.1) is 0 Å². The number of hydrogen-bond acceptors (Lipinski definition) is 2. The summed E-state index contributed by atoms with van der Waals surface area (Å²) in [7, 11) is 0. The van der Waals surface area contributed by atoms with Crippen molar-refractivity contribution in [1.82, 2.24) is 9.80 Å². The molecule has 0 atom stereocenters. The van der Waals surface area contributed by atoms with E-state index in [9.17, 15) is 0 Å². The first-order valence-corrected chi connectivity index (χ1v) is 19.4. The van der Waals surface area contributed by atoms with Crippen LogP contribution in [0.3, 0.4) is 0 Å². The molecule has 0 saturated heterocycles. The van der Waals surface area contributed by atoms with Gasteiger partial charge in [0.15, 0.2) is 0 Å².